The molecule has 2 atom stereocenters. The van der Waals surface area contributed by atoms with Gasteiger partial charge in [-0.2, -0.15) is 0 Å². The zero-order valence-corrected chi connectivity index (χ0v) is 23.0. The first-order valence-corrected chi connectivity index (χ1v) is 13.8. The van der Waals surface area contributed by atoms with Gasteiger partial charge in [-0.25, -0.2) is 4.98 Å². The molecule has 4 aromatic rings. The molecule has 0 aliphatic carbocycles. The van der Waals surface area contributed by atoms with E-state index in [1.165, 1.54) is 16.2 Å². The number of anilines is 1. The molecule has 0 bridgehead atoms. The largest absolute Gasteiger partial charge is 0.507 e. The monoisotopic (exact) mass is 590 g/mol. The van der Waals surface area contributed by atoms with Gasteiger partial charge >= 0.3 is 5.91 Å². The van der Waals surface area contributed by atoms with E-state index in [2.05, 4.69) is 20.9 Å². The molecule has 2 aliphatic heterocycles. The standard InChI is InChI=1S/C29H23BrN2O5S/c1-3-36-20-8-9-21-23(14-20)38-29(31-21)32-25(16-5-4-6-19(30)13-16)24(27(34)28(32)35)26(33)17-7-10-22-18(12-17)11-15(2)37-22/h4-10,12-15,25,33H,3,11H2,1-2H3/b26-24-. The van der Waals surface area contributed by atoms with Crippen LogP contribution in [0.1, 0.15) is 36.6 Å². The average molecular weight is 591 g/mol. The van der Waals surface area contributed by atoms with Gasteiger partial charge in [0.25, 0.3) is 5.78 Å². The Kier molecular flexibility index (Phi) is 6.20. The summed E-state index contributed by atoms with van der Waals surface area (Å²) in [7, 11) is 0. The molecule has 6 rings (SSSR count). The summed E-state index contributed by atoms with van der Waals surface area (Å²) in [5, 5.41) is 11.9. The number of aliphatic hydroxyl groups is 1. The quantitative estimate of drug-likeness (QED) is 0.164. The van der Waals surface area contributed by atoms with E-state index in [4.69, 9.17) is 9.47 Å². The Morgan fingerprint density at radius 1 is 1.18 bits per heavy atom. The van der Waals surface area contributed by atoms with Crippen molar-refractivity contribution in [3.8, 4) is 11.5 Å². The van der Waals surface area contributed by atoms with Gasteiger partial charge in [0.1, 0.15) is 23.4 Å². The van der Waals surface area contributed by atoms with Crippen molar-refractivity contribution in [3.63, 3.8) is 0 Å². The molecule has 192 valence electrons. The fourth-order valence-corrected chi connectivity index (χ4v) is 6.44. The number of Topliss-reactive ketones (excluding diaryl/α,β-unsaturated/α-hetero) is 1. The summed E-state index contributed by atoms with van der Waals surface area (Å²) in [6.07, 6.45) is 0.742. The molecule has 1 saturated heterocycles. The minimum Gasteiger partial charge on any atom is -0.507 e. The number of thiazole rings is 1. The first kappa shape index (κ1) is 24.6. The van der Waals surface area contributed by atoms with Crippen molar-refractivity contribution >= 4 is 60.1 Å². The Hall–Kier alpha value is -3.69. The van der Waals surface area contributed by atoms with Crippen LogP contribution in [0.25, 0.3) is 16.0 Å². The average Bonchev–Trinajstić information content (AvgIpc) is 3.56. The number of fused-ring (bicyclic) bond motifs is 2. The number of halogens is 1. The lowest BCUT2D eigenvalue weighted by Crippen LogP contribution is -2.29. The highest BCUT2D eigenvalue weighted by Crippen LogP contribution is 2.45. The van der Waals surface area contributed by atoms with Gasteiger partial charge < -0.3 is 14.6 Å². The topological polar surface area (TPSA) is 89.0 Å². The summed E-state index contributed by atoms with van der Waals surface area (Å²) in [6.45, 7) is 4.42. The summed E-state index contributed by atoms with van der Waals surface area (Å²) < 4.78 is 13.0. The number of ether oxygens (including phenoxy) is 2. The molecule has 3 heterocycles. The van der Waals surface area contributed by atoms with Crippen molar-refractivity contribution in [3.05, 3.63) is 87.4 Å². The Morgan fingerprint density at radius 3 is 2.82 bits per heavy atom. The molecule has 2 aliphatic rings. The number of hydrogen-bond donors (Lipinski definition) is 1. The Bertz CT molecular complexity index is 1650. The molecular formula is C29H23BrN2O5S. The van der Waals surface area contributed by atoms with Gasteiger partial charge in [-0.3, -0.25) is 14.5 Å². The minimum absolute atomic E-state index is 0.0225. The number of hydrogen-bond acceptors (Lipinski definition) is 7. The van der Waals surface area contributed by atoms with Crippen LogP contribution >= 0.6 is 27.3 Å². The number of nitrogens with zero attached hydrogens (tertiary/aromatic N) is 2. The van der Waals surface area contributed by atoms with Crippen LogP contribution in [0.4, 0.5) is 5.13 Å². The van der Waals surface area contributed by atoms with Crippen LogP contribution in [0.15, 0.2) is 70.7 Å². The highest BCUT2D eigenvalue weighted by atomic mass is 79.9. The van der Waals surface area contributed by atoms with Gasteiger partial charge in [0.05, 0.1) is 28.4 Å². The lowest BCUT2D eigenvalue weighted by molar-refractivity contribution is -0.132. The maximum Gasteiger partial charge on any atom is 0.301 e. The van der Waals surface area contributed by atoms with Gasteiger partial charge in [-0.05, 0) is 73.5 Å². The van der Waals surface area contributed by atoms with E-state index in [1.807, 2.05) is 62.4 Å². The van der Waals surface area contributed by atoms with Crippen LogP contribution < -0.4 is 14.4 Å². The van der Waals surface area contributed by atoms with E-state index in [1.54, 1.807) is 12.1 Å². The lowest BCUT2D eigenvalue weighted by Gasteiger charge is -2.23. The summed E-state index contributed by atoms with van der Waals surface area (Å²) >= 11 is 4.80. The second kappa shape index (κ2) is 9.56. The maximum atomic E-state index is 13.5. The summed E-state index contributed by atoms with van der Waals surface area (Å²) in [5.74, 6) is -0.252. The van der Waals surface area contributed by atoms with Gasteiger partial charge in [0.2, 0.25) is 0 Å². The summed E-state index contributed by atoms with van der Waals surface area (Å²) in [6, 6.07) is 17.4. The molecule has 0 spiro atoms. The van der Waals surface area contributed by atoms with Crippen LogP contribution in [0.5, 0.6) is 11.5 Å². The highest BCUT2D eigenvalue weighted by molar-refractivity contribution is 9.10. The summed E-state index contributed by atoms with van der Waals surface area (Å²) in [4.78, 5) is 33.1. The van der Waals surface area contributed by atoms with Crippen molar-refractivity contribution in [2.75, 3.05) is 11.5 Å². The molecule has 1 fully saturated rings. The fourth-order valence-electron chi connectivity index (χ4n) is 5.00. The Morgan fingerprint density at radius 2 is 2.03 bits per heavy atom. The SMILES string of the molecule is CCOc1ccc2nc(N3C(=O)C(=O)/C(=C(\O)c4ccc5c(c4)CC(C)O5)C3c3cccc(Br)c3)sc2c1. The van der Waals surface area contributed by atoms with E-state index < -0.39 is 17.7 Å². The molecule has 3 aromatic carbocycles. The normalized spacial score (nSPS) is 20.1. The fraction of sp³-hybridized carbons (Fsp3) is 0.207. The van der Waals surface area contributed by atoms with E-state index >= 15 is 0 Å². The Balaban J connectivity index is 1.51. The molecule has 7 nitrogen and oxygen atoms in total. The van der Waals surface area contributed by atoms with Gasteiger partial charge in [0.15, 0.2) is 5.13 Å². The van der Waals surface area contributed by atoms with Crippen molar-refractivity contribution < 1.29 is 24.2 Å². The van der Waals surface area contributed by atoms with Crippen LogP contribution in [0.3, 0.4) is 0 Å². The second-order valence-corrected chi connectivity index (χ2v) is 11.2. The molecule has 1 N–H and O–H groups in total. The molecule has 0 radical (unpaired) electrons. The van der Waals surface area contributed by atoms with Gasteiger partial charge in [0, 0.05) is 16.5 Å². The number of rotatable bonds is 5. The molecule has 0 saturated carbocycles. The third kappa shape index (κ3) is 4.16. The number of carbonyl (C=O) groups is 2. The maximum absolute atomic E-state index is 13.5. The number of carbonyl (C=O) groups excluding carboxylic acids is 2. The third-order valence-corrected chi connectivity index (χ3v) is 8.15. The number of benzene rings is 3. The molecule has 38 heavy (non-hydrogen) atoms. The summed E-state index contributed by atoms with van der Waals surface area (Å²) in [5.41, 5.74) is 2.80. The van der Waals surface area contributed by atoms with Crippen LogP contribution in [-0.4, -0.2) is 34.5 Å². The van der Waals surface area contributed by atoms with Crippen LogP contribution in [0.2, 0.25) is 0 Å². The predicted octanol–water partition coefficient (Wildman–Crippen LogP) is 6.41. The second-order valence-electron chi connectivity index (χ2n) is 9.24. The molecule has 9 heteroatoms. The van der Waals surface area contributed by atoms with Gasteiger partial charge in [-0.1, -0.05) is 39.4 Å². The number of ketones is 1. The van der Waals surface area contributed by atoms with E-state index in [0.717, 1.165) is 20.5 Å². The van der Waals surface area contributed by atoms with Gasteiger partial charge in [-0.15, -0.1) is 0 Å². The highest BCUT2D eigenvalue weighted by Gasteiger charge is 2.48. The number of amides is 1. The van der Waals surface area contributed by atoms with E-state index in [-0.39, 0.29) is 17.4 Å². The first-order chi connectivity index (χ1) is 18.3. The van der Waals surface area contributed by atoms with E-state index in [0.29, 0.717) is 40.6 Å². The van der Waals surface area contributed by atoms with E-state index in [9.17, 15) is 14.7 Å². The molecule has 2 unspecified atom stereocenters. The number of aromatic nitrogens is 1. The lowest BCUT2D eigenvalue weighted by atomic mass is 9.94. The number of aliphatic hydroxyl groups excluding tert-OH is 1. The first-order valence-electron chi connectivity index (χ1n) is 12.2. The van der Waals surface area contributed by atoms with Crippen molar-refractivity contribution in [2.24, 2.45) is 0 Å². The van der Waals surface area contributed by atoms with Crippen molar-refractivity contribution in [2.45, 2.75) is 32.4 Å². The molecule has 1 aromatic heterocycles. The third-order valence-electron chi connectivity index (χ3n) is 6.64. The predicted molar refractivity (Wildman–Crippen MR) is 150 cm³/mol. The Labute approximate surface area is 231 Å². The minimum atomic E-state index is -0.858. The molecule has 1 amide bonds. The zero-order valence-electron chi connectivity index (χ0n) is 20.6. The molecular weight excluding hydrogens is 568 g/mol. The zero-order chi connectivity index (χ0) is 26.6. The van der Waals surface area contributed by atoms with Crippen LogP contribution in [0, 0.1) is 0 Å². The van der Waals surface area contributed by atoms with Crippen LogP contribution in [-0.2, 0) is 16.0 Å². The van der Waals surface area contributed by atoms with Crippen molar-refractivity contribution in [1.29, 1.82) is 0 Å². The smallest absolute Gasteiger partial charge is 0.301 e. The van der Waals surface area contributed by atoms with Crippen molar-refractivity contribution in [1.82, 2.24) is 4.98 Å².